The number of ether oxygens (including phenoxy) is 1. The third-order valence-corrected chi connectivity index (χ3v) is 3.84. The fourth-order valence-corrected chi connectivity index (χ4v) is 2.34. The van der Waals surface area contributed by atoms with Crippen LogP contribution in [-0.4, -0.2) is 27.3 Å². The van der Waals surface area contributed by atoms with Gasteiger partial charge >= 0.3 is 0 Å². The summed E-state index contributed by atoms with van der Waals surface area (Å²) in [5.41, 5.74) is 2.17. The summed E-state index contributed by atoms with van der Waals surface area (Å²) in [6, 6.07) is 15.9. The molecule has 0 saturated carbocycles. The van der Waals surface area contributed by atoms with Gasteiger partial charge in [0.2, 0.25) is 5.82 Å². The zero-order valence-electron chi connectivity index (χ0n) is 12.1. The minimum atomic E-state index is 0.641. The van der Waals surface area contributed by atoms with E-state index in [1.54, 1.807) is 11.9 Å². The zero-order valence-corrected chi connectivity index (χ0v) is 13.7. The number of halogens is 1. The van der Waals surface area contributed by atoms with Gasteiger partial charge in [0.25, 0.3) is 0 Å². The first kappa shape index (κ1) is 14.7. The van der Waals surface area contributed by atoms with Crippen molar-refractivity contribution < 1.29 is 4.74 Å². The van der Waals surface area contributed by atoms with Crippen molar-refractivity contribution in [1.82, 2.24) is 20.2 Å². The van der Waals surface area contributed by atoms with Crippen LogP contribution in [0.5, 0.6) is 5.75 Å². The maximum Gasteiger partial charge on any atom is 0.204 e. The van der Waals surface area contributed by atoms with Crippen molar-refractivity contribution in [3.05, 3.63) is 58.6 Å². The molecule has 1 aromatic heterocycles. The molecule has 0 saturated heterocycles. The monoisotopic (exact) mass is 358 g/mol. The summed E-state index contributed by atoms with van der Waals surface area (Å²) < 4.78 is 6.18. The molecule has 0 aliphatic rings. The molecule has 3 rings (SSSR count). The molecule has 0 N–H and O–H groups in total. The molecular formula is C16H15BrN4O. The molecular weight excluding hydrogens is 344 g/mol. The molecule has 0 aliphatic carbocycles. The normalized spacial score (nSPS) is 10.6. The van der Waals surface area contributed by atoms with E-state index in [0.29, 0.717) is 12.4 Å². The second-order valence-corrected chi connectivity index (χ2v) is 5.73. The van der Waals surface area contributed by atoms with Crippen molar-refractivity contribution >= 4 is 15.9 Å². The van der Waals surface area contributed by atoms with Crippen molar-refractivity contribution in [2.45, 2.75) is 13.0 Å². The summed E-state index contributed by atoms with van der Waals surface area (Å²) in [5, 5.41) is 12.6. The number of methoxy groups -OCH3 is 1. The highest BCUT2D eigenvalue weighted by Crippen LogP contribution is 2.17. The molecule has 0 amide bonds. The van der Waals surface area contributed by atoms with Crippen molar-refractivity contribution in [3.63, 3.8) is 0 Å². The van der Waals surface area contributed by atoms with Crippen LogP contribution < -0.4 is 4.74 Å². The topological polar surface area (TPSA) is 52.8 Å². The standard InChI is InChI=1S/C16H15BrN4O/c1-22-15-8-2-12(3-9-15)10-11-21-19-16(18-20-21)13-4-6-14(17)7-5-13/h2-9H,10-11H2,1H3. The Morgan fingerprint density at radius 3 is 2.45 bits per heavy atom. The van der Waals surface area contributed by atoms with E-state index in [9.17, 15) is 0 Å². The first-order valence-corrected chi connectivity index (χ1v) is 7.70. The molecule has 0 spiro atoms. The van der Waals surface area contributed by atoms with E-state index < -0.39 is 0 Å². The predicted octanol–water partition coefficient (Wildman–Crippen LogP) is 3.35. The van der Waals surface area contributed by atoms with Crippen LogP contribution in [-0.2, 0) is 13.0 Å². The van der Waals surface area contributed by atoms with E-state index in [4.69, 9.17) is 4.74 Å². The zero-order chi connectivity index (χ0) is 15.4. The van der Waals surface area contributed by atoms with Crippen LogP contribution in [0, 0.1) is 0 Å². The molecule has 0 aliphatic heterocycles. The van der Waals surface area contributed by atoms with E-state index in [1.165, 1.54) is 5.56 Å². The van der Waals surface area contributed by atoms with Crippen LogP contribution in [0.4, 0.5) is 0 Å². The minimum Gasteiger partial charge on any atom is -0.497 e. The average molecular weight is 359 g/mol. The Morgan fingerprint density at radius 2 is 1.77 bits per heavy atom. The van der Waals surface area contributed by atoms with Crippen molar-refractivity contribution in [3.8, 4) is 17.1 Å². The van der Waals surface area contributed by atoms with Gasteiger partial charge in [-0.15, -0.1) is 10.2 Å². The SMILES string of the molecule is COc1ccc(CCn2nnc(-c3ccc(Br)cc3)n2)cc1. The Hall–Kier alpha value is -2.21. The number of aryl methyl sites for hydroxylation is 2. The van der Waals surface area contributed by atoms with Gasteiger partial charge in [0.05, 0.1) is 13.7 Å². The number of hydrogen-bond donors (Lipinski definition) is 0. The number of aromatic nitrogens is 4. The summed E-state index contributed by atoms with van der Waals surface area (Å²) >= 11 is 3.41. The average Bonchev–Trinajstić information content (AvgIpc) is 3.03. The van der Waals surface area contributed by atoms with E-state index in [0.717, 1.165) is 22.2 Å². The Balaban J connectivity index is 1.65. The maximum atomic E-state index is 5.15. The number of nitrogens with zero attached hydrogens (tertiary/aromatic N) is 4. The highest BCUT2D eigenvalue weighted by Gasteiger charge is 2.06. The molecule has 22 heavy (non-hydrogen) atoms. The largest absolute Gasteiger partial charge is 0.497 e. The summed E-state index contributed by atoms with van der Waals surface area (Å²) in [5.74, 6) is 1.50. The number of hydrogen-bond acceptors (Lipinski definition) is 4. The maximum absolute atomic E-state index is 5.15. The summed E-state index contributed by atoms with van der Waals surface area (Å²) in [6.07, 6.45) is 0.847. The van der Waals surface area contributed by atoms with Gasteiger partial charge in [0.1, 0.15) is 5.75 Å². The molecule has 3 aromatic rings. The third kappa shape index (κ3) is 3.51. The van der Waals surface area contributed by atoms with Gasteiger partial charge in [-0.05, 0) is 53.6 Å². The van der Waals surface area contributed by atoms with Crippen LogP contribution in [0.1, 0.15) is 5.56 Å². The minimum absolute atomic E-state index is 0.641. The summed E-state index contributed by atoms with van der Waals surface area (Å²) in [4.78, 5) is 1.63. The molecule has 0 radical (unpaired) electrons. The second-order valence-electron chi connectivity index (χ2n) is 4.81. The van der Waals surface area contributed by atoms with Crippen molar-refractivity contribution in [2.24, 2.45) is 0 Å². The van der Waals surface area contributed by atoms with Gasteiger partial charge in [0.15, 0.2) is 0 Å². The lowest BCUT2D eigenvalue weighted by Gasteiger charge is -2.02. The Morgan fingerprint density at radius 1 is 1.05 bits per heavy atom. The molecule has 2 aromatic carbocycles. The van der Waals surface area contributed by atoms with Gasteiger partial charge < -0.3 is 4.74 Å². The van der Waals surface area contributed by atoms with Crippen molar-refractivity contribution in [1.29, 1.82) is 0 Å². The van der Waals surface area contributed by atoms with E-state index in [1.807, 2.05) is 48.5 Å². The fraction of sp³-hybridized carbons (Fsp3) is 0.188. The Bertz CT molecular complexity index is 738. The van der Waals surface area contributed by atoms with Crippen LogP contribution in [0.2, 0.25) is 0 Å². The van der Waals surface area contributed by atoms with Crippen LogP contribution >= 0.6 is 15.9 Å². The molecule has 0 unspecified atom stereocenters. The highest BCUT2D eigenvalue weighted by molar-refractivity contribution is 9.10. The lowest BCUT2D eigenvalue weighted by Crippen LogP contribution is -2.05. The molecule has 0 bridgehead atoms. The quantitative estimate of drug-likeness (QED) is 0.701. The van der Waals surface area contributed by atoms with Crippen LogP contribution in [0.3, 0.4) is 0 Å². The molecule has 6 heteroatoms. The van der Waals surface area contributed by atoms with Gasteiger partial charge in [-0.1, -0.05) is 28.1 Å². The van der Waals surface area contributed by atoms with Crippen LogP contribution in [0.25, 0.3) is 11.4 Å². The molecule has 0 atom stereocenters. The second kappa shape index (κ2) is 6.70. The van der Waals surface area contributed by atoms with Crippen molar-refractivity contribution in [2.75, 3.05) is 7.11 Å². The molecule has 5 nitrogen and oxygen atoms in total. The fourth-order valence-electron chi connectivity index (χ4n) is 2.07. The van der Waals surface area contributed by atoms with E-state index >= 15 is 0 Å². The lowest BCUT2D eigenvalue weighted by molar-refractivity contribution is 0.414. The third-order valence-electron chi connectivity index (χ3n) is 3.31. The van der Waals surface area contributed by atoms with E-state index in [2.05, 4.69) is 31.3 Å². The number of tetrazole rings is 1. The summed E-state index contributed by atoms with van der Waals surface area (Å²) in [6.45, 7) is 0.690. The Kier molecular flexibility index (Phi) is 4.48. The molecule has 0 fully saturated rings. The smallest absolute Gasteiger partial charge is 0.204 e. The number of rotatable bonds is 5. The van der Waals surface area contributed by atoms with E-state index in [-0.39, 0.29) is 0 Å². The van der Waals surface area contributed by atoms with Crippen LogP contribution in [0.15, 0.2) is 53.0 Å². The molecule has 112 valence electrons. The predicted molar refractivity (Wildman–Crippen MR) is 87.7 cm³/mol. The first-order chi connectivity index (χ1) is 10.7. The summed E-state index contributed by atoms with van der Waals surface area (Å²) in [7, 11) is 1.66. The number of benzene rings is 2. The molecule has 1 heterocycles. The van der Waals surface area contributed by atoms with Gasteiger partial charge in [0, 0.05) is 10.0 Å². The Labute approximate surface area is 137 Å². The van der Waals surface area contributed by atoms with Gasteiger partial charge in [-0.25, -0.2) is 0 Å². The lowest BCUT2D eigenvalue weighted by atomic mass is 10.1. The first-order valence-electron chi connectivity index (χ1n) is 6.91. The van der Waals surface area contributed by atoms with Gasteiger partial charge in [-0.2, -0.15) is 4.80 Å². The van der Waals surface area contributed by atoms with Gasteiger partial charge in [-0.3, -0.25) is 0 Å². The highest BCUT2D eigenvalue weighted by atomic mass is 79.9.